The van der Waals surface area contributed by atoms with Gasteiger partial charge in [-0.05, 0) is 31.5 Å². The summed E-state index contributed by atoms with van der Waals surface area (Å²) >= 11 is 1.11. The summed E-state index contributed by atoms with van der Waals surface area (Å²) in [5.41, 5.74) is 0. The van der Waals surface area contributed by atoms with Crippen molar-refractivity contribution in [3.05, 3.63) is 29.8 Å². The number of hydrogen-bond donors (Lipinski definition) is 1. The van der Waals surface area contributed by atoms with Gasteiger partial charge in [0.2, 0.25) is 5.91 Å². The Labute approximate surface area is 126 Å². The Hall–Kier alpha value is -1.63. The minimum atomic E-state index is -0.935. The highest BCUT2D eigenvalue weighted by Crippen LogP contribution is 2.19. The maximum absolute atomic E-state index is 13.0. The smallest absolute Gasteiger partial charge is 0.305 e. The second-order valence-electron chi connectivity index (χ2n) is 4.12. The molecule has 1 N–H and O–H groups in total. The van der Waals surface area contributed by atoms with Crippen LogP contribution in [0.3, 0.4) is 0 Å². The van der Waals surface area contributed by atoms with Gasteiger partial charge in [0, 0.05) is 17.9 Å². The molecule has 1 aromatic carbocycles. The summed E-state index contributed by atoms with van der Waals surface area (Å²) in [5.74, 6) is -2.26. The lowest BCUT2D eigenvalue weighted by molar-refractivity contribution is -0.143. The molecule has 0 radical (unpaired) electrons. The van der Waals surface area contributed by atoms with Crippen molar-refractivity contribution < 1.29 is 23.1 Å². The highest BCUT2D eigenvalue weighted by atomic mass is 32.2. The van der Waals surface area contributed by atoms with E-state index in [2.05, 4.69) is 5.32 Å². The molecule has 0 heterocycles. The monoisotopic (exact) mass is 317 g/mol. The number of hydrogen-bond acceptors (Lipinski definition) is 4. The Bertz CT molecular complexity index is 497. The van der Waals surface area contributed by atoms with Gasteiger partial charge in [0.1, 0.15) is 0 Å². The summed E-state index contributed by atoms with van der Waals surface area (Å²) in [5, 5.41) is 2.64. The number of benzene rings is 1. The number of halogens is 2. The lowest BCUT2D eigenvalue weighted by Crippen LogP contribution is -2.26. The number of carbonyl (C=O) groups is 2. The first-order valence-corrected chi connectivity index (χ1v) is 7.51. The van der Waals surface area contributed by atoms with Crippen LogP contribution in [0, 0.1) is 11.6 Å². The first-order chi connectivity index (χ1) is 10.0. The van der Waals surface area contributed by atoms with Crippen LogP contribution >= 0.6 is 11.8 Å². The summed E-state index contributed by atoms with van der Waals surface area (Å²) in [6, 6.07) is 3.49. The van der Waals surface area contributed by atoms with Crippen molar-refractivity contribution in [1.29, 1.82) is 0 Å². The maximum atomic E-state index is 13.0. The van der Waals surface area contributed by atoms with Gasteiger partial charge in [-0.3, -0.25) is 9.59 Å². The lowest BCUT2D eigenvalue weighted by Gasteiger charge is -2.05. The molecular formula is C14H17F2NO3S. The highest BCUT2D eigenvalue weighted by Gasteiger charge is 2.07. The van der Waals surface area contributed by atoms with E-state index in [-0.39, 0.29) is 24.1 Å². The van der Waals surface area contributed by atoms with Crippen molar-refractivity contribution in [3.63, 3.8) is 0 Å². The largest absolute Gasteiger partial charge is 0.466 e. The van der Waals surface area contributed by atoms with Crippen LogP contribution < -0.4 is 5.32 Å². The Balaban J connectivity index is 2.19. The second-order valence-corrected chi connectivity index (χ2v) is 5.17. The van der Waals surface area contributed by atoms with Gasteiger partial charge in [0.15, 0.2) is 11.6 Å². The number of ether oxygens (including phenoxy) is 1. The maximum Gasteiger partial charge on any atom is 0.305 e. The second kappa shape index (κ2) is 9.33. The van der Waals surface area contributed by atoms with Gasteiger partial charge in [-0.15, -0.1) is 11.8 Å². The van der Waals surface area contributed by atoms with Crippen molar-refractivity contribution in [3.8, 4) is 0 Å². The summed E-state index contributed by atoms with van der Waals surface area (Å²) in [7, 11) is 0. The van der Waals surface area contributed by atoms with Crippen LogP contribution in [0.5, 0.6) is 0 Å². The van der Waals surface area contributed by atoms with Crippen molar-refractivity contribution in [2.45, 2.75) is 24.7 Å². The Morgan fingerprint density at radius 1 is 1.29 bits per heavy atom. The van der Waals surface area contributed by atoms with Crippen LogP contribution in [0.15, 0.2) is 23.1 Å². The molecule has 0 aliphatic carbocycles. The molecule has 0 aliphatic rings. The Morgan fingerprint density at radius 2 is 2.05 bits per heavy atom. The zero-order chi connectivity index (χ0) is 15.7. The number of amides is 1. The molecule has 0 fully saturated rings. The van der Waals surface area contributed by atoms with E-state index in [0.717, 1.165) is 23.9 Å². The predicted octanol–water partition coefficient (Wildman–Crippen LogP) is 2.52. The number of esters is 1. The molecule has 0 spiro atoms. The molecule has 0 unspecified atom stereocenters. The lowest BCUT2D eigenvalue weighted by atomic mass is 10.3. The first-order valence-electron chi connectivity index (χ1n) is 6.53. The van der Waals surface area contributed by atoms with E-state index in [4.69, 9.17) is 4.74 Å². The van der Waals surface area contributed by atoms with Gasteiger partial charge in [0.25, 0.3) is 0 Å². The first kappa shape index (κ1) is 17.4. The van der Waals surface area contributed by atoms with Crippen molar-refractivity contribution in [1.82, 2.24) is 5.32 Å². The van der Waals surface area contributed by atoms with Gasteiger partial charge in [-0.25, -0.2) is 8.78 Å². The molecule has 1 aromatic rings. The third-order valence-corrected chi connectivity index (χ3v) is 3.44. The molecule has 0 bridgehead atoms. The molecule has 21 heavy (non-hydrogen) atoms. The minimum absolute atomic E-state index is 0.102. The Morgan fingerprint density at radius 3 is 2.71 bits per heavy atom. The normalized spacial score (nSPS) is 10.2. The van der Waals surface area contributed by atoms with Gasteiger partial charge in [0.05, 0.1) is 12.4 Å². The molecule has 0 saturated carbocycles. The molecule has 0 atom stereocenters. The van der Waals surface area contributed by atoms with E-state index in [0.29, 0.717) is 24.5 Å². The minimum Gasteiger partial charge on any atom is -0.466 e. The van der Waals surface area contributed by atoms with Gasteiger partial charge >= 0.3 is 5.97 Å². The fourth-order valence-corrected chi connectivity index (χ4v) is 2.21. The zero-order valence-electron chi connectivity index (χ0n) is 11.7. The van der Waals surface area contributed by atoms with E-state index >= 15 is 0 Å². The molecule has 4 nitrogen and oxygen atoms in total. The van der Waals surface area contributed by atoms with Crippen LogP contribution in [0.25, 0.3) is 0 Å². The SMILES string of the molecule is CCOC(=O)CCCNC(=O)CSc1ccc(F)c(F)c1. The standard InChI is InChI=1S/C14H17F2NO3S/c1-2-20-14(19)4-3-7-17-13(18)9-21-10-5-6-11(15)12(16)8-10/h5-6,8H,2-4,7,9H2,1H3,(H,17,18). The molecule has 1 rings (SSSR count). The fourth-order valence-electron chi connectivity index (χ4n) is 1.46. The van der Waals surface area contributed by atoms with Gasteiger partial charge in [-0.1, -0.05) is 0 Å². The van der Waals surface area contributed by atoms with Gasteiger partial charge in [-0.2, -0.15) is 0 Å². The van der Waals surface area contributed by atoms with E-state index in [1.54, 1.807) is 6.92 Å². The van der Waals surface area contributed by atoms with E-state index < -0.39 is 11.6 Å². The molecule has 1 amide bonds. The van der Waals surface area contributed by atoms with E-state index in [9.17, 15) is 18.4 Å². The average molecular weight is 317 g/mol. The van der Waals surface area contributed by atoms with Gasteiger partial charge < -0.3 is 10.1 Å². The average Bonchev–Trinajstić information content (AvgIpc) is 2.45. The quantitative estimate of drug-likeness (QED) is 0.455. The summed E-state index contributed by atoms with van der Waals surface area (Å²) in [6.07, 6.45) is 0.755. The number of rotatable bonds is 8. The third kappa shape index (κ3) is 7.08. The fraction of sp³-hybridized carbons (Fsp3) is 0.429. The van der Waals surface area contributed by atoms with Crippen LogP contribution in [0.1, 0.15) is 19.8 Å². The Kier molecular flexibility index (Phi) is 7.74. The van der Waals surface area contributed by atoms with E-state index in [1.807, 2.05) is 0 Å². The van der Waals surface area contributed by atoms with Crippen molar-refractivity contribution >= 4 is 23.6 Å². The number of thioether (sulfide) groups is 1. The number of carbonyl (C=O) groups excluding carboxylic acids is 2. The molecule has 116 valence electrons. The van der Waals surface area contributed by atoms with Crippen LogP contribution in [0.2, 0.25) is 0 Å². The predicted molar refractivity (Wildman–Crippen MR) is 76.0 cm³/mol. The topological polar surface area (TPSA) is 55.4 Å². The van der Waals surface area contributed by atoms with Crippen LogP contribution in [-0.2, 0) is 14.3 Å². The van der Waals surface area contributed by atoms with Crippen molar-refractivity contribution in [2.75, 3.05) is 18.9 Å². The zero-order valence-corrected chi connectivity index (χ0v) is 12.5. The molecule has 7 heteroatoms. The summed E-state index contributed by atoms with van der Waals surface area (Å²) in [6.45, 7) is 2.45. The molecule has 0 aliphatic heterocycles. The van der Waals surface area contributed by atoms with Crippen molar-refractivity contribution in [2.24, 2.45) is 0 Å². The van der Waals surface area contributed by atoms with E-state index in [1.165, 1.54) is 6.07 Å². The summed E-state index contributed by atoms with van der Waals surface area (Å²) in [4.78, 5) is 23.1. The van der Waals surface area contributed by atoms with Crippen LogP contribution in [0.4, 0.5) is 8.78 Å². The number of nitrogens with one attached hydrogen (secondary N) is 1. The third-order valence-electron chi connectivity index (χ3n) is 2.45. The summed E-state index contributed by atoms with van der Waals surface area (Å²) < 4.78 is 30.4. The molecular weight excluding hydrogens is 300 g/mol. The molecule has 0 saturated heterocycles. The molecule has 0 aromatic heterocycles. The highest BCUT2D eigenvalue weighted by molar-refractivity contribution is 8.00. The van der Waals surface area contributed by atoms with Crippen LogP contribution in [-0.4, -0.2) is 30.8 Å².